The number of hydrogen-bond acceptors (Lipinski definition) is 8. The molecule has 4 aromatic carbocycles. The Kier molecular flexibility index (Phi) is 13.4. The lowest BCUT2D eigenvalue weighted by atomic mass is 10.1. The first-order valence-electron chi connectivity index (χ1n) is 18.9. The van der Waals surface area contributed by atoms with E-state index in [9.17, 15) is 24.0 Å². The van der Waals surface area contributed by atoms with E-state index in [1.54, 1.807) is 73.8 Å². The molecule has 4 aromatic rings. The number of carbonyl (C=O) groups is 5. The zero-order valence-electron chi connectivity index (χ0n) is 31.7. The molecule has 0 spiro atoms. The molecule has 0 aliphatic carbocycles. The van der Waals surface area contributed by atoms with Gasteiger partial charge in [-0.05, 0) is 87.3 Å². The highest BCUT2D eigenvalue weighted by molar-refractivity contribution is 6.35. The molecule has 5 amide bonds. The molecular formula is C43H46ClN5O7. The molecule has 0 atom stereocenters. The van der Waals surface area contributed by atoms with Crippen LogP contribution in [0.15, 0.2) is 91.0 Å². The molecule has 12 nitrogen and oxygen atoms in total. The summed E-state index contributed by atoms with van der Waals surface area (Å²) in [5, 5.41) is 2.98. The van der Waals surface area contributed by atoms with Gasteiger partial charge in [0.25, 0.3) is 23.6 Å². The number of anilines is 2. The van der Waals surface area contributed by atoms with Crippen molar-refractivity contribution in [1.82, 2.24) is 14.7 Å². The van der Waals surface area contributed by atoms with Gasteiger partial charge in [-0.3, -0.25) is 28.9 Å². The largest absolute Gasteiger partial charge is 0.493 e. The summed E-state index contributed by atoms with van der Waals surface area (Å²) in [7, 11) is 3.72. The molecule has 56 heavy (non-hydrogen) atoms. The zero-order chi connectivity index (χ0) is 39.6. The molecule has 13 heteroatoms. The van der Waals surface area contributed by atoms with Crippen LogP contribution in [0, 0.1) is 0 Å². The molecule has 1 saturated heterocycles. The van der Waals surface area contributed by atoms with Gasteiger partial charge in [0.05, 0.1) is 46.2 Å². The van der Waals surface area contributed by atoms with Crippen molar-refractivity contribution < 1.29 is 33.4 Å². The summed E-state index contributed by atoms with van der Waals surface area (Å²) in [6.45, 7) is 4.19. The third-order valence-corrected chi connectivity index (χ3v) is 10.2. The normalized spacial score (nSPS) is 14.1. The second-order valence-electron chi connectivity index (χ2n) is 13.8. The van der Waals surface area contributed by atoms with Crippen LogP contribution in [0.4, 0.5) is 11.4 Å². The fraction of sp³-hybridized carbons (Fsp3) is 0.326. The quantitative estimate of drug-likeness (QED) is 0.0990. The van der Waals surface area contributed by atoms with E-state index in [1.165, 1.54) is 15.9 Å². The van der Waals surface area contributed by atoms with Gasteiger partial charge in [0.15, 0.2) is 0 Å². The number of piperazine rings is 1. The second kappa shape index (κ2) is 18.7. The first-order valence-corrected chi connectivity index (χ1v) is 19.2. The van der Waals surface area contributed by atoms with E-state index in [0.29, 0.717) is 53.4 Å². The molecule has 2 heterocycles. The number of halogens is 1. The highest BCUT2D eigenvalue weighted by atomic mass is 35.5. The number of likely N-dealkylation sites (N-methyl/N-ethyl adjacent to an activating group) is 1. The van der Waals surface area contributed by atoms with E-state index in [0.717, 1.165) is 45.4 Å². The Balaban J connectivity index is 0.980. The standard InChI is InChI=1S/C43H46ClN5O7/c1-46-23-25-48(26-24-46)39(50)19-4-3-11-27-56-38-18-10-8-16-36(38)47(2)41(52)33-21-20-30(29-35(33)44)45-40(51)34-15-7-9-17-37(34)55-28-12-22-49-42(53)31-13-5-6-14-32(31)43(49)54/h5-10,13-18,20-21,29H,3-4,11-12,19,22-28H2,1-2H3,(H,45,51). The molecule has 0 unspecified atom stereocenters. The van der Waals surface area contributed by atoms with Crippen LogP contribution in [0.25, 0.3) is 0 Å². The maximum Gasteiger partial charge on any atom is 0.261 e. The van der Waals surface area contributed by atoms with Crippen molar-refractivity contribution in [3.05, 3.63) is 118 Å². The highest BCUT2D eigenvalue weighted by Gasteiger charge is 2.34. The highest BCUT2D eigenvalue weighted by Crippen LogP contribution is 2.31. The minimum Gasteiger partial charge on any atom is -0.493 e. The summed E-state index contributed by atoms with van der Waals surface area (Å²) in [6, 6.07) is 25.4. The van der Waals surface area contributed by atoms with E-state index in [2.05, 4.69) is 17.3 Å². The number of nitrogens with zero attached hydrogens (tertiary/aromatic N) is 4. The number of imide groups is 1. The number of fused-ring (bicyclic) bond motifs is 1. The van der Waals surface area contributed by atoms with Gasteiger partial charge in [0, 0.05) is 51.9 Å². The average molecular weight is 780 g/mol. The third-order valence-electron chi connectivity index (χ3n) is 9.93. The lowest BCUT2D eigenvalue weighted by Crippen LogP contribution is -2.47. The van der Waals surface area contributed by atoms with Crippen molar-refractivity contribution in [2.75, 3.05) is 70.2 Å². The maximum absolute atomic E-state index is 13.7. The zero-order valence-corrected chi connectivity index (χ0v) is 32.4. The minimum atomic E-state index is -0.444. The minimum absolute atomic E-state index is 0.155. The van der Waals surface area contributed by atoms with Crippen molar-refractivity contribution in [2.45, 2.75) is 32.1 Å². The summed E-state index contributed by atoms with van der Waals surface area (Å²) < 4.78 is 12.0. The average Bonchev–Trinajstić information content (AvgIpc) is 3.45. The Labute approximate surface area is 331 Å². The summed E-state index contributed by atoms with van der Waals surface area (Å²) >= 11 is 6.62. The fourth-order valence-corrected chi connectivity index (χ4v) is 6.95. The summed E-state index contributed by atoms with van der Waals surface area (Å²) in [6.07, 6.45) is 3.34. The topological polar surface area (TPSA) is 129 Å². The first kappa shape index (κ1) is 40.0. The summed E-state index contributed by atoms with van der Waals surface area (Å²) in [4.78, 5) is 71.7. The second-order valence-corrected chi connectivity index (χ2v) is 14.2. The van der Waals surface area contributed by atoms with Crippen LogP contribution in [0.5, 0.6) is 11.5 Å². The molecule has 0 aromatic heterocycles. The van der Waals surface area contributed by atoms with Crippen LogP contribution >= 0.6 is 11.6 Å². The predicted octanol–water partition coefficient (Wildman–Crippen LogP) is 6.65. The molecule has 0 bridgehead atoms. The molecule has 1 fully saturated rings. The number of amides is 5. The number of carbonyl (C=O) groups excluding carboxylic acids is 5. The van der Waals surface area contributed by atoms with Crippen molar-refractivity contribution in [1.29, 1.82) is 0 Å². The van der Waals surface area contributed by atoms with Crippen LogP contribution < -0.4 is 19.7 Å². The smallest absolute Gasteiger partial charge is 0.261 e. The van der Waals surface area contributed by atoms with Gasteiger partial charge in [-0.2, -0.15) is 0 Å². The number of rotatable bonds is 16. The van der Waals surface area contributed by atoms with E-state index in [4.69, 9.17) is 21.1 Å². The van der Waals surface area contributed by atoms with Gasteiger partial charge in [-0.25, -0.2) is 0 Å². The van der Waals surface area contributed by atoms with Crippen LogP contribution in [0.2, 0.25) is 5.02 Å². The first-order chi connectivity index (χ1) is 27.1. The summed E-state index contributed by atoms with van der Waals surface area (Å²) in [5.74, 6) is -0.348. The number of nitrogens with one attached hydrogen (secondary N) is 1. The fourth-order valence-electron chi connectivity index (χ4n) is 6.69. The monoisotopic (exact) mass is 779 g/mol. The van der Waals surface area contributed by atoms with E-state index < -0.39 is 5.91 Å². The van der Waals surface area contributed by atoms with Crippen LogP contribution in [-0.2, 0) is 4.79 Å². The number of ether oxygens (including phenoxy) is 2. The van der Waals surface area contributed by atoms with Gasteiger partial charge < -0.3 is 29.5 Å². The van der Waals surface area contributed by atoms with Crippen LogP contribution in [0.3, 0.4) is 0 Å². The van der Waals surface area contributed by atoms with Crippen molar-refractivity contribution in [3.8, 4) is 11.5 Å². The molecule has 2 aliphatic rings. The Bertz CT molecular complexity index is 2050. The van der Waals surface area contributed by atoms with Crippen LogP contribution in [-0.4, -0.2) is 104 Å². The lowest BCUT2D eigenvalue weighted by Gasteiger charge is -2.32. The lowest BCUT2D eigenvalue weighted by molar-refractivity contribution is -0.132. The Hall–Kier alpha value is -5.72. The van der Waals surface area contributed by atoms with Gasteiger partial charge in [0.1, 0.15) is 11.5 Å². The molecule has 6 rings (SSSR count). The predicted molar refractivity (Wildman–Crippen MR) is 215 cm³/mol. The SMILES string of the molecule is CN1CCN(C(=O)CCCCCOc2ccccc2N(C)C(=O)c2ccc(NC(=O)c3ccccc3OCCCN3C(=O)c4ccccc4C3=O)cc2Cl)CC1. The Morgan fingerprint density at radius 3 is 2.07 bits per heavy atom. The van der Waals surface area contributed by atoms with Crippen LogP contribution in [0.1, 0.15) is 73.5 Å². The Morgan fingerprint density at radius 1 is 0.732 bits per heavy atom. The van der Waals surface area contributed by atoms with Crippen molar-refractivity contribution >= 4 is 52.5 Å². The van der Waals surface area contributed by atoms with Gasteiger partial charge in [-0.15, -0.1) is 0 Å². The number of para-hydroxylation sites is 3. The molecular weight excluding hydrogens is 734 g/mol. The Morgan fingerprint density at radius 2 is 1.36 bits per heavy atom. The van der Waals surface area contributed by atoms with E-state index in [-0.39, 0.29) is 52.9 Å². The summed E-state index contributed by atoms with van der Waals surface area (Å²) in [5.41, 5.74) is 2.27. The molecule has 1 N–H and O–H groups in total. The van der Waals surface area contributed by atoms with Gasteiger partial charge in [-0.1, -0.05) is 48.0 Å². The molecule has 0 radical (unpaired) electrons. The van der Waals surface area contributed by atoms with E-state index >= 15 is 0 Å². The number of unbranched alkanes of at least 4 members (excludes halogenated alkanes) is 2. The maximum atomic E-state index is 13.7. The molecule has 292 valence electrons. The van der Waals surface area contributed by atoms with Gasteiger partial charge >= 0.3 is 0 Å². The number of hydrogen-bond donors (Lipinski definition) is 1. The molecule has 0 saturated carbocycles. The third kappa shape index (κ3) is 9.55. The van der Waals surface area contributed by atoms with Crippen molar-refractivity contribution in [3.63, 3.8) is 0 Å². The van der Waals surface area contributed by atoms with E-state index in [1.807, 2.05) is 23.1 Å². The van der Waals surface area contributed by atoms with Crippen molar-refractivity contribution in [2.24, 2.45) is 0 Å². The number of benzene rings is 4. The molecule has 2 aliphatic heterocycles. The van der Waals surface area contributed by atoms with Gasteiger partial charge in [0.2, 0.25) is 5.91 Å².